The van der Waals surface area contributed by atoms with Gasteiger partial charge >= 0.3 is 0 Å². The summed E-state index contributed by atoms with van der Waals surface area (Å²) < 4.78 is 18.3. The van der Waals surface area contributed by atoms with Gasteiger partial charge in [0.15, 0.2) is 5.06 Å². The number of halogens is 1. The molecule has 0 aliphatic rings. The van der Waals surface area contributed by atoms with Crippen molar-refractivity contribution in [1.82, 2.24) is 0 Å². The molecule has 0 aromatic carbocycles. The number of hydrogen-bond acceptors (Lipinski definition) is 2. The molecule has 3 heteroatoms. The lowest BCUT2D eigenvalue weighted by Gasteiger charge is -2.18. The first-order valence-electron chi connectivity index (χ1n) is 3.78. The highest BCUT2D eigenvalue weighted by molar-refractivity contribution is 7.12. The van der Waals surface area contributed by atoms with Gasteiger partial charge in [0, 0.05) is 10.9 Å². The number of methoxy groups -OCH3 is 1. The number of rotatable bonds is 1. The SMILES string of the molecule is COc1scc(F)c1C(C)(C)C. The summed E-state index contributed by atoms with van der Waals surface area (Å²) in [5, 5.41) is 2.17. The van der Waals surface area contributed by atoms with Crippen LogP contribution in [0.3, 0.4) is 0 Å². The van der Waals surface area contributed by atoms with Crippen LogP contribution >= 0.6 is 11.3 Å². The fourth-order valence-corrected chi connectivity index (χ4v) is 2.08. The molecule has 1 nitrogen and oxygen atoms in total. The summed E-state index contributed by atoms with van der Waals surface area (Å²) in [6, 6.07) is 0. The average molecular weight is 188 g/mol. The molecule has 0 fully saturated rings. The van der Waals surface area contributed by atoms with Gasteiger partial charge < -0.3 is 4.74 Å². The molecule has 0 saturated carbocycles. The van der Waals surface area contributed by atoms with Crippen molar-refractivity contribution in [2.45, 2.75) is 26.2 Å². The first-order valence-corrected chi connectivity index (χ1v) is 4.66. The van der Waals surface area contributed by atoms with Crippen LogP contribution in [0.1, 0.15) is 26.3 Å². The second kappa shape index (κ2) is 3.05. The molecule has 0 N–H and O–H groups in total. The van der Waals surface area contributed by atoms with Crippen molar-refractivity contribution >= 4 is 11.3 Å². The molecule has 1 rings (SSSR count). The minimum atomic E-state index is -0.185. The molecular weight excluding hydrogens is 175 g/mol. The summed E-state index contributed by atoms with van der Waals surface area (Å²) in [7, 11) is 1.57. The smallest absolute Gasteiger partial charge is 0.180 e. The van der Waals surface area contributed by atoms with Gasteiger partial charge in [-0.3, -0.25) is 0 Å². The quantitative estimate of drug-likeness (QED) is 0.657. The van der Waals surface area contributed by atoms with Gasteiger partial charge in [0.05, 0.1) is 7.11 Å². The second-order valence-corrected chi connectivity index (χ2v) is 4.54. The van der Waals surface area contributed by atoms with Gasteiger partial charge in [0.2, 0.25) is 0 Å². The van der Waals surface area contributed by atoms with Crippen LogP contribution in [-0.2, 0) is 5.41 Å². The summed E-state index contributed by atoms with van der Waals surface area (Å²) in [5.74, 6) is -0.163. The maximum absolute atomic E-state index is 13.2. The fourth-order valence-electron chi connectivity index (χ4n) is 1.14. The van der Waals surface area contributed by atoms with E-state index in [-0.39, 0.29) is 11.2 Å². The Morgan fingerprint density at radius 1 is 1.42 bits per heavy atom. The van der Waals surface area contributed by atoms with Crippen LogP contribution in [0.15, 0.2) is 5.38 Å². The van der Waals surface area contributed by atoms with Gasteiger partial charge in [-0.2, -0.15) is 0 Å². The van der Waals surface area contributed by atoms with E-state index in [1.807, 2.05) is 20.8 Å². The third kappa shape index (κ3) is 1.61. The lowest BCUT2D eigenvalue weighted by Crippen LogP contribution is -2.12. The van der Waals surface area contributed by atoms with E-state index in [2.05, 4.69) is 0 Å². The van der Waals surface area contributed by atoms with Gasteiger partial charge in [-0.1, -0.05) is 20.8 Å². The number of ether oxygens (including phenoxy) is 1. The molecule has 0 aliphatic carbocycles. The molecule has 0 radical (unpaired) electrons. The highest BCUT2D eigenvalue weighted by Crippen LogP contribution is 2.38. The van der Waals surface area contributed by atoms with Crippen LogP contribution < -0.4 is 4.74 Å². The summed E-state index contributed by atoms with van der Waals surface area (Å²) in [6.45, 7) is 5.92. The molecule has 0 spiro atoms. The molecular formula is C9H13FOS. The summed E-state index contributed by atoms with van der Waals surface area (Å²) >= 11 is 1.31. The molecule has 0 amide bonds. The molecule has 0 saturated heterocycles. The number of thiophene rings is 1. The van der Waals surface area contributed by atoms with Crippen molar-refractivity contribution in [1.29, 1.82) is 0 Å². The van der Waals surface area contributed by atoms with Gasteiger partial charge in [-0.25, -0.2) is 4.39 Å². The Morgan fingerprint density at radius 3 is 2.33 bits per heavy atom. The van der Waals surface area contributed by atoms with Crippen LogP contribution in [0.4, 0.5) is 4.39 Å². The molecule has 0 unspecified atom stereocenters. The van der Waals surface area contributed by atoms with Crippen molar-refractivity contribution in [3.05, 3.63) is 16.8 Å². The Kier molecular flexibility index (Phi) is 2.42. The van der Waals surface area contributed by atoms with Gasteiger partial charge in [0.1, 0.15) is 5.82 Å². The van der Waals surface area contributed by atoms with E-state index in [4.69, 9.17) is 4.74 Å². The third-order valence-electron chi connectivity index (χ3n) is 1.65. The first-order chi connectivity index (χ1) is 5.46. The van der Waals surface area contributed by atoms with Crippen molar-refractivity contribution in [2.75, 3.05) is 7.11 Å². The predicted molar refractivity (Wildman–Crippen MR) is 49.5 cm³/mol. The predicted octanol–water partition coefficient (Wildman–Crippen LogP) is 3.19. The molecule has 0 atom stereocenters. The van der Waals surface area contributed by atoms with Crippen LogP contribution in [0, 0.1) is 5.82 Å². The number of hydrogen-bond donors (Lipinski definition) is 0. The van der Waals surface area contributed by atoms with Gasteiger partial charge in [-0.15, -0.1) is 11.3 Å². The van der Waals surface area contributed by atoms with Crippen molar-refractivity contribution in [3.8, 4) is 5.06 Å². The standard InChI is InChI=1S/C9H13FOS/c1-9(2,3)7-6(10)5-12-8(7)11-4/h5H,1-4H3. The van der Waals surface area contributed by atoms with E-state index in [9.17, 15) is 4.39 Å². The Labute approximate surface area is 76.2 Å². The van der Waals surface area contributed by atoms with E-state index >= 15 is 0 Å². The zero-order valence-corrected chi connectivity index (χ0v) is 8.59. The highest BCUT2D eigenvalue weighted by atomic mass is 32.1. The lowest BCUT2D eigenvalue weighted by atomic mass is 9.88. The van der Waals surface area contributed by atoms with E-state index in [0.717, 1.165) is 0 Å². The van der Waals surface area contributed by atoms with E-state index in [0.29, 0.717) is 10.6 Å². The monoisotopic (exact) mass is 188 g/mol. The normalized spacial score (nSPS) is 11.8. The van der Waals surface area contributed by atoms with Gasteiger partial charge in [0.25, 0.3) is 0 Å². The Bertz CT molecular complexity index is 273. The third-order valence-corrected chi connectivity index (χ3v) is 2.56. The van der Waals surface area contributed by atoms with Crippen LogP contribution in [0.2, 0.25) is 0 Å². The largest absolute Gasteiger partial charge is 0.487 e. The molecule has 1 aromatic heterocycles. The molecule has 1 heterocycles. The maximum Gasteiger partial charge on any atom is 0.180 e. The topological polar surface area (TPSA) is 9.23 Å². The fraction of sp³-hybridized carbons (Fsp3) is 0.556. The summed E-state index contributed by atoms with van der Waals surface area (Å²) in [5.41, 5.74) is 0.491. The van der Waals surface area contributed by atoms with E-state index < -0.39 is 0 Å². The zero-order chi connectivity index (χ0) is 9.35. The van der Waals surface area contributed by atoms with E-state index in [1.165, 1.54) is 16.7 Å². The minimum Gasteiger partial charge on any atom is -0.487 e. The molecule has 1 aromatic rings. The Morgan fingerprint density at radius 2 is 2.00 bits per heavy atom. The van der Waals surface area contributed by atoms with Crippen LogP contribution in [0.25, 0.3) is 0 Å². The average Bonchev–Trinajstić information content (AvgIpc) is 2.29. The first kappa shape index (κ1) is 9.52. The van der Waals surface area contributed by atoms with Crippen LogP contribution in [-0.4, -0.2) is 7.11 Å². The molecule has 0 bridgehead atoms. The second-order valence-electron chi connectivity index (χ2n) is 3.70. The molecule has 68 valence electrons. The Hall–Kier alpha value is -0.570. The summed E-state index contributed by atoms with van der Waals surface area (Å²) in [6.07, 6.45) is 0. The van der Waals surface area contributed by atoms with Gasteiger partial charge in [-0.05, 0) is 5.41 Å². The van der Waals surface area contributed by atoms with Crippen molar-refractivity contribution in [2.24, 2.45) is 0 Å². The Balaban J connectivity index is 3.19. The molecule has 12 heavy (non-hydrogen) atoms. The molecule has 0 aliphatic heterocycles. The maximum atomic E-state index is 13.2. The lowest BCUT2D eigenvalue weighted by molar-refractivity contribution is 0.403. The van der Waals surface area contributed by atoms with Crippen molar-refractivity contribution < 1.29 is 9.13 Å². The zero-order valence-electron chi connectivity index (χ0n) is 7.77. The van der Waals surface area contributed by atoms with Crippen LogP contribution in [0.5, 0.6) is 5.06 Å². The minimum absolute atomic E-state index is 0.163. The highest BCUT2D eigenvalue weighted by Gasteiger charge is 2.24. The van der Waals surface area contributed by atoms with E-state index in [1.54, 1.807) is 7.11 Å². The summed E-state index contributed by atoms with van der Waals surface area (Å²) in [4.78, 5) is 0. The van der Waals surface area contributed by atoms with Crippen molar-refractivity contribution in [3.63, 3.8) is 0 Å².